The summed E-state index contributed by atoms with van der Waals surface area (Å²) in [6.07, 6.45) is 4.93. The fraction of sp³-hybridized carbons (Fsp3) is 0.550. The second-order valence-corrected chi connectivity index (χ2v) is 7.42. The summed E-state index contributed by atoms with van der Waals surface area (Å²) in [5, 5.41) is 3.33. The van der Waals surface area contributed by atoms with Gasteiger partial charge in [0.2, 0.25) is 5.28 Å². The Hall–Kier alpha value is -2.90. The standard InChI is InChI=1S/C20H24ClN5O5/c1-6-12(7-2)23-17-14-18(25-20(21)24-17)26(9-22-14)19-16(30-11(5)28)15(29-10(4)27)13(8-3)31-19/h3,9,12-13,15-16,19H,6-7H2,1-2,4-5H3,(H,23,24,25). The lowest BCUT2D eigenvalue weighted by Gasteiger charge is -2.23. The number of hydrogen-bond donors (Lipinski definition) is 1. The highest BCUT2D eigenvalue weighted by atomic mass is 35.5. The Morgan fingerprint density at radius 3 is 2.48 bits per heavy atom. The molecule has 1 N–H and O–H groups in total. The molecule has 0 aliphatic carbocycles. The second-order valence-electron chi connectivity index (χ2n) is 7.09. The van der Waals surface area contributed by atoms with Gasteiger partial charge >= 0.3 is 11.9 Å². The molecule has 1 saturated heterocycles. The number of nitrogens with zero attached hydrogens (tertiary/aromatic N) is 4. The van der Waals surface area contributed by atoms with Crippen molar-refractivity contribution in [1.29, 1.82) is 0 Å². The number of carbonyl (C=O) groups is 2. The van der Waals surface area contributed by atoms with E-state index in [4.69, 9.17) is 32.2 Å². The maximum absolute atomic E-state index is 11.7. The van der Waals surface area contributed by atoms with Crippen LogP contribution in [0, 0.1) is 12.3 Å². The van der Waals surface area contributed by atoms with Crippen LogP contribution in [0.4, 0.5) is 5.82 Å². The molecular weight excluding hydrogens is 426 g/mol. The monoisotopic (exact) mass is 449 g/mol. The first-order valence-corrected chi connectivity index (χ1v) is 10.3. The molecule has 11 heteroatoms. The number of esters is 2. The third-order valence-electron chi connectivity index (χ3n) is 4.95. The maximum Gasteiger partial charge on any atom is 0.303 e. The maximum atomic E-state index is 11.7. The molecule has 4 unspecified atom stereocenters. The van der Waals surface area contributed by atoms with Crippen LogP contribution in [0.15, 0.2) is 6.33 Å². The molecule has 0 saturated carbocycles. The van der Waals surface area contributed by atoms with E-state index in [-0.39, 0.29) is 11.3 Å². The lowest BCUT2D eigenvalue weighted by atomic mass is 10.1. The van der Waals surface area contributed by atoms with Crippen LogP contribution in [0.5, 0.6) is 0 Å². The molecule has 3 rings (SSSR count). The summed E-state index contributed by atoms with van der Waals surface area (Å²) in [5.74, 6) is 1.75. The summed E-state index contributed by atoms with van der Waals surface area (Å²) in [6.45, 7) is 6.60. The molecule has 0 bridgehead atoms. The van der Waals surface area contributed by atoms with Gasteiger partial charge in [0.15, 0.2) is 41.5 Å². The molecule has 0 radical (unpaired) electrons. The minimum atomic E-state index is -1.01. The SMILES string of the molecule is C#CC1OC(n2cnc3c(NC(CC)CC)nc(Cl)nc32)C(OC(C)=O)C1OC(C)=O. The molecule has 1 fully saturated rings. The van der Waals surface area contributed by atoms with Crippen LogP contribution in [-0.4, -0.2) is 55.8 Å². The number of imidazole rings is 1. The van der Waals surface area contributed by atoms with Crippen LogP contribution in [-0.2, 0) is 23.8 Å². The Kier molecular flexibility index (Phi) is 6.97. The normalized spacial score (nSPS) is 23.0. The number of hydrogen-bond acceptors (Lipinski definition) is 9. The first kappa shape index (κ1) is 22.8. The van der Waals surface area contributed by atoms with E-state index >= 15 is 0 Å². The van der Waals surface area contributed by atoms with E-state index in [9.17, 15) is 9.59 Å². The number of aromatic nitrogens is 4. The highest BCUT2D eigenvalue weighted by Gasteiger charge is 2.50. The van der Waals surface area contributed by atoms with Crippen LogP contribution in [0.25, 0.3) is 11.2 Å². The summed E-state index contributed by atoms with van der Waals surface area (Å²) in [7, 11) is 0. The largest absolute Gasteiger partial charge is 0.455 e. The molecule has 1 aliphatic rings. The van der Waals surface area contributed by atoms with Crippen molar-refractivity contribution >= 4 is 40.5 Å². The van der Waals surface area contributed by atoms with Gasteiger partial charge in [0.1, 0.15) is 0 Å². The van der Waals surface area contributed by atoms with Crippen molar-refractivity contribution in [3.05, 3.63) is 11.6 Å². The van der Waals surface area contributed by atoms with Crippen molar-refractivity contribution in [2.75, 3.05) is 5.32 Å². The van der Waals surface area contributed by atoms with Gasteiger partial charge in [0.05, 0.1) is 6.33 Å². The van der Waals surface area contributed by atoms with Crippen molar-refractivity contribution in [3.63, 3.8) is 0 Å². The van der Waals surface area contributed by atoms with Crippen LogP contribution in [0.2, 0.25) is 5.28 Å². The summed E-state index contributed by atoms with van der Waals surface area (Å²) in [4.78, 5) is 36.3. The number of carbonyl (C=O) groups excluding carboxylic acids is 2. The van der Waals surface area contributed by atoms with E-state index in [0.29, 0.717) is 17.0 Å². The first-order chi connectivity index (χ1) is 14.8. The Bertz CT molecular complexity index is 1020. The Morgan fingerprint density at radius 2 is 1.90 bits per heavy atom. The fourth-order valence-corrected chi connectivity index (χ4v) is 3.66. The topological polar surface area (TPSA) is 117 Å². The van der Waals surface area contributed by atoms with Crippen LogP contribution in [0.3, 0.4) is 0 Å². The highest BCUT2D eigenvalue weighted by molar-refractivity contribution is 6.28. The van der Waals surface area contributed by atoms with Gasteiger partial charge < -0.3 is 19.5 Å². The van der Waals surface area contributed by atoms with Gasteiger partial charge in [-0.15, -0.1) is 6.42 Å². The number of ether oxygens (including phenoxy) is 3. The Labute approximate surface area is 184 Å². The van der Waals surface area contributed by atoms with Crippen LogP contribution < -0.4 is 5.32 Å². The van der Waals surface area contributed by atoms with Crippen molar-refractivity contribution in [1.82, 2.24) is 19.5 Å². The summed E-state index contributed by atoms with van der Waals surface area (Å²) in [6, 6.07) is 0.176. The molecule has 3 heterocycles. The molecule has 0 amide bonds. The van der Waals surface area contributed by atoms with Crippen LogP contribution in [0.1, 0.15) is 46.8 Å². The summed E-state index contributed by atoms with van der Waals surface area (Å²) in [5.41, 5.74) is 0.824. The predicted octanol–water partition coefficient (Wildman–Crippen LogP) is 2.47. The minimum Gasteiger partial charge on any atom is -0.455 e. The predicted molar refractivity (Wildman–Crippen MR) is 112 cm³/mol. The molecule has 2 aromatic rings. The molecule has 1 aliphatic heterocycles. The quantitative estimate of drug-likeness (QED) is 0.386. The average molecular weight is 450 g/mol. The number of rotatable bonds is 7. The second kappa shape index (κ2) is 9.49. The Morgan fingerprint density at radius 1 is 1.26 bits per heavy atom. The van der Waals surface area contributed by atoms with Gasteiger partial charge in [0.25, 0.3) is 0 Å². The van der Waals surface area contributed by atoms with Gasteiger partial charge in [-0.25, -0.2) is 4.98 Å². The third-order valence-corrected chi connectivity index (χ3v) is 5.12. The smallest absolute Gasteiger partial charge is 0.303 e. The zero-order valence-electron chi connectivity index (χ0n) is 17.7. The van der Waals surface area contributed by atoms with Gasteiger partial charge in [-0.2, -0.15) is 9.97 Å². The zero-order valence-corrected chi connectivity index (χ0v) is 18.4. The lowest BCUT2D eigenvalue weighted by Crippen LogP contribution is -2.38. The summed E-state index contributed by atoms with van der Waals surface area (Å²) < 4.78 is 18.2. The van der Waals surface area contributed by atoms with E-state index in [1.807, 2.05) is 0 Å². The molecule has 10 nitrogen and oxygen atoms in total. The van der Waals surface area contributed by atoms with Crippen molar-refractivity contribution in [2.24, 2.45) is 0 Å². The summed E-state index contributed by atoms with van der Waals surface area (Å²) >= 11 is 6.17. The molecule has 4 atom stereocenters. The molecule has 0 spiro atoms. The molecule has 31 heavy (non-hydrogen) atoms. The molecular formula is C20H24ClN5O5. The zero-order chi connectivity index (χ0) is 22.7. The average Bonchev–Trinajstić information content (AvgIpc) is 3.26. The Balaban J connectivity index is 2.06. The molecule has 166 valence electrons. The van der Waals surface area contributed by atoms with Gasteiger partial charge in [-0.1, -0.05) is 19.8 Å². The van der Waals surface area contributed by atoms with E-state index < -0.39 is 36.5 Å². The van der Waals surface area contributed by atoms with Gasteiger partial charge in [0, 0.05) is 19.9 Å². The molecule has 0 aromatic carbocycles. The van der Waals surface area contributed by atoms with Gasteiger partial charge in [-0.05, 0) is 24.4 Å². The van der Waals surface area contributed by atoms with Crippen molar-refractivity contribution in [2.45, 2.75) is 71.1 Å². The van der Waals surface area contributed by atoms with Crippen molar-refractivity contribution < 1.29 is 23.8 Å². The van der Waals surface area contributed by atoms with E-state index in [2.05, 4.69) is 40.0 Å². The molecule has 2 aromatic heterocycles. The highest BCUT2D eigenvalue weighted by Crippen LogP contribution is 2.36. The number of halogens is 1. The third kappa shape index (κ3) is 4.73. The minimum absolute atomic E-state index is 0.00905. The van der Waals surface area contributed by atoms with Crippen LogP contribution >= 0.6 is 11.6 Å². The van der Waals surface area contributed by atoms with E-state index in [1.54, 1.807) is 4.57 Å². The van der Waals surface area contributed by atoms with Gasteiger partial charge in [-0.3, -0.25) is 14.2 Å². The van der Waals surface area contributed by atoms with E-state index in [1.165, 1.54) is 20.2 Å². The van der Waals surface area contributed by atoms with Crippen molar-refractivity contribution in [3.8, 4) is 12.3 Å². The number of fused-ring (bicyclic) bond motifs is 1. The number of anilines is 1. The number of nitrogens with one attached hydrogen (secondary N) is 1. The lowest BCUT2D eigenvalue weighted by molar-refractivity contribution is -0.165. The first-order valence-electron chi connectivity index (χ1n) is 9.91. The van der Waals surface area contributed by atoms with E-state index in [0.717, 1.165) is 12.8 Å². The fourth-order valence-electron chi connectivity index (χ4n) is 3.50. The number of terminal acetylenes is 1.